The minimum absolute atomic E-state index is 0.192. The first-order valence-corrected chi connectivity index (χ1v) is 5.75. The largest absolute Gasteiger partial charge is 0.459 e. The van der Waals surface area contributed by atoms with Gasteiger partial charge in [0.15, 0.2) is 0 Å². The number of fused-ring (bicyclic) bond motifs is 2. The monoisotopic (exact) mass is 212 g/mol. The smallest absolute Gasteiger partial charge is 0.315 e. The van der Waals surface area contributed by atoms with Crippen molar-refractivity contribution >= 4 is 5.97 Å². The molecule has 3 nitrogen and oxygen atoms in total. The Morgan fingerprint density at radius 2 is 2.13 bits per heavy atom. The summed E-state index contributed by atoms with van der Waals surface area (Å²) in [5, 5.41) is 9.94. The summed E-state index contributed by atoms with van der Waals surface area (Å²) in [6.07, 6.45) is 2.98. The van der Waals surface area contributed by atoms with Gasteiger partial charge < -0.3 is 9.84 Å². The Morgan fingerprint density at radius 1 is 1.47 bits per heavy atom. The molecule has 0 aromatic carbocycles. The van der Waals surface area contributed by atoms with Crippen LogP contribution in [0.2, 0.25) is 0 Å². The molecule has 1 N–H and O–H groups in total. The predicted octanol–water partition coefficient (Wildman–Crippen LogP) is 1.88. The fourth-order valence-electron chi connectivity index (χ4n) is 2.93. The molecule has 0 amide bonds. The lowest BCUT2D eigenvalue weighted by molar-refractivity contribution is -0.173. The Hall–Kier alpha value is -0.570. The van der Waals surface area contributed by atoms with Crippen LogP contribution in [-0.2, 0) is 9.53 Å². The Bertz CT molecular complexity index is 279. The quantitative estimate of drug-likeness (QED) is 0.675. The SMILES string of the molecule is CC(C)(C)OC(=O)C12CCC(CC1O)C2. The average Bonchev–Trinajstić information content (AvgIpc) is 2.58. The van der Waals surface area contributed by atoms with Crippen molar-refractivity contribution in [3.8, 4) is 0 Å². The molecule has 0 heterocycles. The standard InChI is InChI=1S/C12H20O3/c1-11(2,3)15-10(14)12-5-4-8(7-12)6-9(12)13/h8-9,13H,4-7H2,1-3H3. The predicted molar refractivity (Wildman–Crippen MR) is 56.2 cm³/mol. The molecule has 3 unspecified atom stereocenters. The van der Waals surface area contributed by atoms with Crippen molar-refractivity contribution in [3.05, 3.63) is 0 Å². The number of aliphatic hydroxyl groups is 1. The lowest BCUT2D eigenvalue weighted by Crippen LogP contribution is -2.42. The second-order valence-electron chi connectivity index (χ2n) is 6.02. The van der Waals surface area contributed by atoms with Crippen LogP contribution in [0.3, 0.4) is 0 Å². The van der Waals surface area contributed by atoms with Crippen LogP contribution < -0.4 is 0 Å². The molecular weight excluding hydrogens is 192 g/mol. The van der Waals surface area contributed by atoms with Crippen LogP contribution in [0.25, 0.3) is 0 Å². The Labute approximate surface area is 90.8 Å². The Kier molecular flexibility index (Phi) is 2.34. The summed E-state index contributed by atoms with van der Waals surface area (Å²) in [4.78, 5) is 12.1. The fraction of sp³-hybridized carbons (Fsp3) is 0.917. The molecule has 15 heavy (non-hydrogen) atoms. The molecule has 86 valence electrons. The van der Waals surface area contributed by atoms with Crippen LogP contribution in [-0.4, -0.2) is 22.8 Å². The van der Waals surface area contributed by atoms with Crippen molar-refractivity contribution in [1.29, 1.82) is 0 Å². The van der Waals surface area contributed by atoms with Crippen LogP contribution >= 0.6 is 0 Å². The van der Waals surface area contributed by atoms with Gasteiger partial charge in [0.1, 0.15) is 5.60 Å². The molecule has 2 bridgehead atoms. The van der Waals surface area contributed by atoms with Crippen LogP contribution in [0.4, 0.5) is 0 Å². The molecule has 3 atom stereocenters. The summed E-state index contributed by atoms with van der Waals surface area (Å²) in [6.45, 7) is 5.61. The molecule has 2 aliphatic rings. The fourth-order valence-corrected chi connectivity index (χ4v) is 2.93. The lowest BCUT2D eigenvalue weighted by atomic mass is 9.81. The van der Waals surface area contributed by atoms with E-state index in [4.69, 9.17) is 4.74 Å². The van der Waals surface area contributed by atoms with Crippen molar-refractivity contribution in [1.82, 2.24) is 0 Å². The van der Waals surface area contributed by atoms with E-state index >= 15 is 0 Å². The van der Waals surface area contributed by atoms with Gasteiger partial charge in [0.25, 0.3) is 0 Å². The summed E-state index contributed by atoms with van der Waals surface area (Å²) in [6, 6.07) is 0. The first kappa shape index (κ1) is 10.9. The van der Waals surface area contributed by atoms with Crippen LogP contribution in [0.15, 0.2) is 0 Å². The van der Waals surface area contributed by atoms with Gasteiger partial charge in [-0.1, -0.05) is 0 Å². The number of carbonyl (C=O) groups excluding carboxylic acids is 1. The number of ether oxygens (including phenoxy) is 1. The maximum absolute atomic E-state index is 12.1. The van der Waals surface area contributed by atoms with E-state index in [1.54, 1.807) is 0 Å². The van der Waals surface area contributed by atoms with Crippen LogP contribution in [0.5, 0.6) is 0 Å². The van der Waals surface area contributed by atoms with Gasteiger partial charge in [-0.2, -0.15) is 0 Å². The zero-order valence-electron chi connectivity index (χ0n) is 9.75. The molecular formula is C12H20O3. The van der Waals surface area contributed by atoms with Crippen LogP contribution in [0.1, 0.15) is 46.5 Å². The van der Waals surface area contributed by atoms with Gasteiger partial charge in [-0.25, -0.2) is 0 Å². The molecule has 3 heteroatoms. The Morgan fingerprint density at radius 3 is 2.53 bits per heavy atom. The molecule has 0 aromatic rings. The van der Waals surface area contributed by atoms with Gasteiger partial charge >= 0.3 is 5.97 Å². The van der Waals surface area contributed by atoms with E-state index in [9.17, 15) is 9.90 Å². The number of esters is 1. The highest BCUT2D eigenvalue weighted by atomic mass is 16.6. The number of hydrogen-bond donors (Lipinski definition) is 1. The molecule has 2 fully saturated rings. The highest BCUT2D eigenvalue weighted by molar-refractivity contribution is 5.79. The third kappa shape index (κ3) is 1.78. The Balaban J connectivity index is 2.12. The van der Waals surface area contributed by atoms with Crippen molar-refractivity contribution in [2.45, 2.75) is 58.2 Å². The highest BCUT2D eigenvalue weighted by Crippen LogP contribution is 2.55. The van der Waals surface area contributed by atoms with Crippen molar-refractivity contribution in [2.75, 3.05) is 0 Å². The highest BCUT2D eigenvalue weighted by Gasteiger charge is 2.57. The lowest BCUT2D eigenvalue weighted by Gasteiger charge is -2.32. The molecule has 0 radical (unpaired) electrons. The minimum atomic E-state index is -0.571. The molecule has 0 aromatic heterocycles. The summed E-state index contributed by atoms with van der Waals surface area (Å²) in [7, 11) is 0. The molecule has 0 aliphatic heterocycles. The number of carbonyl (C=O) groups is 1. The van der Waals surface area contributed by atoms with Gasteiger partial charge in [-0.15, -0.1) is 0 Å². The van der Waals surface area contributed by atoms with Gasteiger partial charge in [0.2, 0.25) is 0 Å². The first-order chi connectivity index (χ1) is 6.83. The maximum Gasteiger partial charge on any atom is 0.315 e. The second kappa shape index (κ2) is 3.21. The first-order valence-electron chi connectivity index (χ1n) is 5.75. The van der Waals surface area contributed by atoms with Crippen molar-refractivity contribution < 1.29 is 14.6 Å². The van der Waals surface area contributed by atoms with E-state index in [0.29, 0.717) is 5.92 Å². The molecule has 0 spiro atoms. The normalized spacial score (nSPS) is 39.5. The van der Waals surface area contributed by atoms with Gasteiger partial charge in [-0.3, -0.25) is 4.79 Å². The summed E-state index contributed by atoms with van der Waals surface area (Å²) in [5.74, 6) is 0.343. The van der Waals surface area contributed by atoms with E-state index in [2.05, 4.69) is 0 Å². The number of rotatable bonds is 1. The van der Waals surface area contributed by atoms with E-state index in [1.807, 2.05) is 20.8 Å². The summed E-state index contributed by atoms with van der Waals surface area (Å²) >= 11 is 0. The zero-order valence-corrected chi connectivity index (χ0v) is 9.75. The molecule has 2 aliphatic carbocycles. The maximum atomic E-state index is 12.1. The summed E-state index contributed by atoms with van der Waals surface area (Å²) in [5.41, 5.74) is -1.02. The molecule has 0 saturated heterocycles. The van der Waals surface area contributed by atoms with Gasteiger partial charge in [0, 0.05) is 0 Å². The van der Waals surface area contributed by atoms with E-state index in [-0.39, 0.29) is 5.97 Å². The minimum Gasteiger partial charge on any atom is -0.459 e. The third-order valence-electron chi connectivity index (χ3n) is 3.65. The molecule has 2 saturated carbocycles. The van der Waals surface area contributed by atoms with Crippen molar-refractivity contribution in [3.63, 3.8) is 0 Å². The summed E-state index contributed by atoms with van der Waals surface area (Å²) < 4.78 is 5.41. The average molecular weight is 212 g/mol. The van der Waals surface area contributed by atoms with Crippen LogP contribution in [0, 0.1) is 11.3 Å². The third-order valence-corrected chi connectivity index (χ3v) is 3.65. The zero-order chi connectivity index (χ0) is 11.3. The van der Waals surface area contributed by atoms with E-state index in [1.165, 1.54) is 0 Å². The number of hydrogen-bond acceptors (Lipinski definition) is 3. The second-order valence-corrected chi connectivity index (χ2v) is 6.02. The van der Waals surface area contributed by atoms with E-state index < -0.39 is 17.1 Å². The van der Waals surface area contributed by atoms with Gasteiger partial charge in [-0.05, 0) is 52.4 Å². The molecule has 2 rings (SSSR count). The topological polar surface area (TPSA) is 46.5 Å². The van der Waals surface area contributed by atoms with Gasteiger partial charge in [0.05, 0.1) is 11.5 Å². The number of aliphatic hydroxyl groups excluding tert-OH is 1. The van der Waals surface area contributed by atoms with E-state index in [0.717, 1.165) is 25.7 Å². The van der Waals surface area contributed by atoms with Crippen molar-refractivity contribution in [2.24, 2.45) is 11.3 Å².